The Kier molecular flexibility index (Phi) is 4.26. The number of benzene rings is 1. The van der Waals surface area contributed by atoms with Gasteiger partial charge in [-0.1, -0.05) is 6.07 Å². The van der Waals surface area contributed by atoms with E-state index in [1.807, 2.05) is 0 Å². The Bertz CT molecular complexity index is 459. The molecule has 1 aromatic carbocycles. The number of hydrogen-bond donors (Lipinski definition) is 2. The summed E-state index contributed by atoms with van der Waals surface area (Å²) in [5.74, 6) is -0.676. The molecule has 0 saturated carbocycles. The third-order valence-electron chi connectivity index (χ3n) is 2.04. The molecule has 0 aliphatic heterocycles. The van der Waals surface area contributed by atoms with Crippen LogP contribution in [0.25, 0.3) is 0 Å². The first-order chi connectivity index (χ1) is 7.44. The number of aliphatic hydroxyl groups is 1. The molecule has 16 heavy (non-hydrogen) atoms. The van der Waals surface area contributed by atoms with E-state index in [2.05, 4.69) is 4.72 Å². The molecule has 90 valence electrons. The largest absolute Gasteiger partial charge is 0.396 e. The van der Waals surface area contributed by atoms with Gasteiger partial charge in [0.15, 0.2) is 0 Å². The van der Waals surface area contributed by atoms with Crippen molar-refractivity contribution in [2.75, 3.05) is 17.1 Å². The summed E-state index contributed by atoms with van der Waals surface area (Å²) >= 11 is 0. The molecule has 0 fully saturated rings. The van der Waals surface area contributed by atoms with E-state index in [4.69, 9.17) is 5.11 Å². The van der Waals surface area contributed by atoms with E-state index < -0.39 is 15.8 Å². The lowest BCUT2D eigenvalue weighted by molar-refractivity contribution is 0.295. The molecule has 0 amide bonds. The lowest BCUT2D eigenvalue weighted by Crippen LogP contribution is -2.18. The predicted octanol–water partition coefficient (Wildman–Crippen LogP) is 1.26. The van der Waals surface area contributed by atoms with Crippen molar-refractivity contribution >= 4 is 15.7 Å². The van der Waals surface area contributed by atoms with Crippen LogP contribution in [-0.2, 0) is 10.0 Å². The number of aryl methyl sites for hydroxylation is 1. The van der Waals surface area contributed by atoms with E-state index in [0.29, 0.717) is 5.56 Å². The Morgan fingerprint density at radius 1 is 1.44 bits per heavy atom. The molecule has 0 aromatic heterocycles. The van der Waals surface area contributed by atoms with Crippen LogP contribution in [0.1, 0.15) is 12.0 Å². The maximum atomic E-state index is 12.9. The van der Waals surface area contributed by atoms with Gasteiger partial charge in [-0.2, -0.15) is 0 Å². The fourth-order valence-corrected chi connectivity index (χ4v) is 2.34. The van der Waals surface area contributed by atoms with E-state index in [0.717, 1.165) is 6.07 Å². The average Bonchev–Trinajstić information content (AvgIpc) is 2.20. The first-order valence-corrected chi connectivity index (χ1v) is 6.47. The standard InChI is InChI=1S/C10H14FNO3S/c1-8-3-4-9(11)7-10(8)12-16(14,15)6-2-5-13/h3-4,7,12-13H,2,5-6H2,1H3. The predicted molar refractivity (Wildman–Crippen MR) is 60.2 cm³/mol. The minimum atomic E-state index is -3.51. The molecule has 0 aliphatic carbocycles. The lowest BCUT2D eigenvalue weighted by Gasteiger charge is -2.09. The van der Waals surface area contributed by atoms with Crippen molar-refractivity contribution in [3.8, 4) is 0 Å². The number of halogens is 1. The summed E-state index contributed by atoms with van der Waals surface area (Å²) in [4.78, 5) is 0. The van der Waals surface area contributed by atoms with Crippen molar-refractivity contribution in [3.63, 3.8) is 0 Å². The van der Waals surface area contributed by atoms with Gasteiger partial charge in [-0.05, 0) is 31.0 Å². The Balaban J connectivity index is 2.83. The lowest BCUT2D eigenvalue weighted by atomic mass is 10.2. The molecule has 2 N–H and O–H groups in total. The second-order valence-corrected chi connectivity index (χ2v) is 5.30. The highest BCUT2D eigenvalue weighted by molar-refractivity contribution is 7.92. The van der Waals surface area contributed by atoms with Crippen molar-refractivity contribution in [2.24, 2.45) is 0 Å². The van der Waals surface area contributed by atoms with Crippen LogP contribution in [0.2, 0.25) is 0 Å². The number of nitrogens with one attached hydrogen (secondary N) is 1. The Morgan fingerprint density at radius 3 is 2.75 bits per heavy atom. The zero-order chi connectivity index (χ0) is 12.2. The van der Waals surface area contributed by atoms with Crippen molar-refractivity contribution in [2.45, 2.75) is 13.3 Å². The van der Waals surface area contributed by atoms with Crippen molar-refractivity contribution in [3.05, 3.63) is 29.6 Å². The van der Waals surface area contributed by atoms with Gasteiger partial charge in [0.1, 0.15) is 5.82 Å². The molecule has 6 heteroatoms. The van der Waals surface area contributed by atoms with Gasteiger partial charge in [0.05, 0.1) is 11.4 Å². The van der Waals surface area contributed by atoms with Crippen LogP contribution in [0.4, 0.5) is 10.1 Å². The third kappa shape index (κ3) is 3.79. The molecule has 0 radical (unpaired) electrons. The van der Waals surface area contributed by atoms with Crippen LogP contribution >= 0.6 is 0 Å². The summed E-state index contributed by atoms with van der Waals surface area (Å²) in [5, 5.41) is 8.54. The van der Waals surface area contributed by atoms with Crippen LogP contribution in [0, 0.1) is 12.7 Å². The number of aliphatic hydroxyl groups excluding tert-OH is 1. The molecular weight excluding hydrogens is 233 g/mol. The summed E-state index contributed by atoms with van der Waals surface area (Å²) < 4.78 is 38.1. The van der Waals surface area contributed by atoms with Gasteiger partial charge >= 0.3 is 0 Å². The zero-order valence-electron chi connectivity index (χ0n) is 8.90. The molecule has 0 unspecified atom stereocenters. The van der Waals surface area contributed by atoms with E-state index in [1.54, 1.807) is 6.92 Å². The van der Waals surface area contributed by atoms with Crippen LogP contribution in [0.15, 0.2) is 18.2 Å². The maximum Gasteiger partial charge on any atom is 0.232 e. The van der Waals surface area contributed by atoms with Crippen LogP contribution in [-0.4, -0.2) is 25.9 Å². The Hall–Kier alpha value is -1.14. The van der Waals surface area contributed by atoms with Gasteiger partial charge in [0.2, 0.25) is 10.0 Å². The molecular formula is C10H14FNO3S. The molecule has 1 aromatic rings. The summed E-state index contributed by atoms with van der Waals surface area (Å²) in [6, 6.07) is 3.89. The van der Waals surface area contributed by atoms with Gasteiger partial charge < -0.3 is 5.11 Å². The molecule has 0 aliphatic rings. The van der Waals surface area contributed by atoms with Crippen LogP contribution in [0.3, 0.4) is 0 Å². The molecule has 0 atom stereocenters. The van der Waals surface area contributed by atoms with Crippen LogP contribution < -0.4 is 4.72 Å². The SMILES string of the molecule is Cc1ccc(F)cc1NS(=O)(=O)CCCO. The number of rotatable bonds is 5. The van der Waals surface area contributed by atoms with Crippen molar-refractivity contribution in [1.82, 2.24) is 0 Å². The van der Waals surface area contributed by atoms with Gasteiger partial charge in [-0.15, -0.1) is 0 Å². The minimum Gasteiger partial charge on any atom is -0.396 e. The molecule has 0 bridgehead atoms. The van der Waals surface area contributed by atoms with Gasteiger partial charge in [-0.3, -0.25) is 4.72 Å². The number of sulfonamides is 1. The highest BCUT2D eigenvalue weighted by Crippen LogP contribution is 2.17. The topological polar surface area (TPSA) is 66.4 Å². The molecule has 4 nitrogen and oxygen atoms in total. The average molecular weight is 247 g/mol. The summed E-state index contributed by atoms with van der Waals surface area (Å²) in [5.41, 5.74) is 0.881. The Labute approximate surface area is 94.2 Å². The number of hydrogen-bond acceptors (Lipinski definition) is 3. The molecule has 0 spiro atoms. The summed E-state index contributed by atoms with van der Waals surface area (Å²) in [6.45, 7) is 1.49. The second kappa shape index (κ2) is 5.27. The normalized spacial score (nSPS) is 11.4. The van der Waals surface area contributed by atoms with Gasteiger partial charge in [-0.25, -0.2) is 12.8 Å². The van der Waals surface area contributed by atoms with E-state index in [1.165, 1.54) is 12.1 Å². The summed E-state index contributed by atoms with van der Waals surface area (Å²) in [7, 11) is -3.51. The molecule has 0 heterocycles. The Morgan fingerprint density at radius 2 is 2.12 bits per heavy atom. The second-order valence-electron chi connectivity index (χ2n) is 3.46. The zero-order valence-corrected chi connectivity index (χ0v) is 9.72. The first kappa shape index (κ1) is 12.9. The molecule has 1 rings (SSSR count). The highest BCUT2D eigenvalue weighted by atomic mass is 32.2. The van der Waals surface area contributed by atoms with Crippen molar-refractivity contribution in [1.29, 1.82) is 0 Å². The van der Waals surface area contributed by atoms with E-state index in [9.17, 15) is 12.8 Å². The summed E-state index contributed by atoms with van der Waals surface area (Å²) in [6.07, 6.45) is 0.156. The monoisotopic (exact) mass is 247 g/mol. The number of anilines is 1. The maximum absolute atomic E-state index is 12.9. The van der Waals surface area contributed by atoms with Gasteiger partial charge in [0.25, 0.3) is 0 Å². The smallest absolute Gasteiger partial charge is 0.232 e. The van der Waals surface area contributed by atoms with Crippen molar-refractivity contribution < 1.29 is 17.9 Å². The van der Waals surface area contributed by atoms with Gasteiger partial charge in [0, 0.05) is 6.61 Å². The highest BCUT2D eigenvalue weighted by Gasteiger charge is 2.11. The third-order valence-corrected chi connectivity index (χ3v) is 3.39. The van der Waals surface area contributed by atoms with E-state index >= 15 is 0 Å². The first-order valence-electron chi connectivity index (χ1n) is 4.82. The van der Waals surface area contributed by atoms with E-state index in [-0.39, 0.29) is 24.5 Å². The fourth-order valence-electron chi connectivity index (χ4n) is 1.18. The quantitative estimate of drug-likeness (QED) is 0.823. The fraction of sp³-hybridized carbons (Fsp3) is 0.400. The minimum absolute atomic E-state index is 0.156. The molecule has 0 saturated heterocycles. The van der Waals surface area contributed by atoms with Crippen LogP contribution in [0.5, 0.6) is 0 Å².